The van der Waals surface area contributed by atoms with Crippen LogP contribution in [-0.4, -0.2) is 26.7 Å². The molecule has 1 aromatic heterocycles. The number of aliphatic imine (C=N–C) groups is 1. The van der Waals surface area contributed by atoms with Crippen molar-refractivity contribution < 1.29 is 9.84 Å². The summed E-state index contributed by atoms with van der Waals surface area (Å²) >= 11 is 6.03. The van der Waals surface area contributed by atoms with Gasteiger partial charge in [0.15, 0.2) is 5.90 Å². The molecule has 3 rings (SSSR count). The highest BCUT2D eigenvalue weighted by Gasteiger charge is 2.21. The van der Waals surface area contributed by atoms with Gasteiger partial charge in [0.1, 0.15) is 17.6 Å². The number of rotatable bonds is 9. The minimum Gasteiger partial charge on any atom is -0.441 e. The molecule has 2 aromatic carbocycles. The molecule has 1 atom stereocenters. The summed E-state index contributed by atoms with van der Waals surface area (Å²) < 4.78 is 8.71. The Morgan fingerprint density at radius 1 is 1.17 bits per heavy atom. The molecule has 0 fully saturated rings. The molecule has 188 valence electrons. The summed E-state index contributed by atoms with van der Waals surface area (Å²) in [5.74, 6) is 0.542. The first-order valence-corrected chi connectivity index (χ1v) is 12.1. The van der Waals surface area contributed by atoms with Crippen LogP contribution in [0.25, 0.3) is 0 Å². The largest absolute Gasteiger partial charge is 0.441 e. The van der Waals surface area contributed by atoms with Gasteiger partial charge in [-0.1, -0.05) is 42.8 Å². The molecule has 36 heavy (non-hydrogen) atoms. The molecule has 0 saturated carbocycles. The summed E-state index contributed by atoms with van der Waals surface area (Å²) in [7, 11) is 0. The lowest BCUT2D eigenvalue weighted by Crippen LogP contribution is -2.41. The van der Waals surface area contributed by atoms with Crippen molar-refractivity contribution in [1.29, 1.82) is 5.26 Å². The summed E-state index contributed by atoms with van der Waals surface area (Å²) in [6.07, 6.45) is 0.839. The number of hydrogen-bond acceptors (Lipinski definition) is 6. The van der Waals surface area contributed by atoms with Gasteiger partial charge in [0.2, 0.25) is 0 Å². The van der Waals surface area contributed by atoms with Crippen LogP contribution in [0.3, 0.4) is 0 Å². The van der Waals surface area contributed by atoms with Crippen LogP contribution in [0.15, 0.2) is 63.1 Å². The maximum atomic E-state index is 13.1. The van der Waals surface area contributed by atoms with Crippen molar-refractivity contribution >= 4 is 23.3 Å². The molecule has 0 aliphatic heterocycles. The molecule has 1 unspecified atom stereocenters. The van der Waals surface area contributed by atoms with E-state index in [0.29, 0.717) is 34.7 Å². The van der Waals surface area contributed by atoms with Crippen LogP contribution in [-0.2, 0) is 19.5 Å². The van der Waals surface area contributed by atoms with Gasteiger partial charge in [0.25, 0.3) is 5.56 Å². The van der Waals surface area contributed by atoms with Gasteiger partial charge in [-0.05, 0) is 56.5 Å². The molecule has 8 nitrogen and oxygen atoms in total. The minimum atomic E-state index is -0.498. The predicted octanol–water partition coefficient (Wildman–Crippen LogP) is 4.23. The van der Waals surface area contributed by atoms with E-state index >= 15 is 0 Å². The van der Waals surface area contributed by atoms with Gasteiger partial charge >= 0.3 is 5.69 Å². The number of hydrogen-bond donors (Lipinski definition) is 1. The molecule has 0 amide bonds. The van der Waals surface area contributed by atoms with Crippen LogP contribution < -0.4 is 16.0 Å². The van der Waals surface area contributed by atoms with Gasteiger partial charge in [-0.15, -0.1) is 0 Å². The molecule has 0 spiro atoms. The number of ether oxygens (including phenoxy) is 1. The SMILES string of the molecule is CCn1c(N=C(Oc2ccccc2C#N)C(C)Cc2ccc(Cl)cc2)c(C)c(=O)n(CCCO)c1=O. The first kappa shape index (κ1) is 26.9. The number of benzene rings is 2. The highest BCUT2D eigenvalue weighted by atomic mass is 35.5. The number of aliphatic hydroxyl groups excluding tert-OH is 1. The van der Waals surface area contributed by atoms with E-state index in [4.69, 9.17) is 26.4 Å². The normalized spacial score (nSPS) is 12.3. The number of aromatic nitrogens is 2. The maximum absolute atomic E-state index is 13.1. The Hall–Kier alpha value is -3.67. The molecule has 1 N–H and O–H groups in total. The van der Waals surface area contributed by atoms with E-state index < -0.39 is 11.2 Å². The lowest BCUT2D eigenvalue weighted by molar-refractivity contribution is 0.277. The van der Waals surface area contributed by atoms with Gasteiger partial charge in [-0.3, -0.25) is 13.9 Å². The number of nitrogens with zero attached hydrogens (tertiary/aromatic N) is 4. The molecule has 9 heteroatoms. The van der Waals surface area contributed by atoms with Gasteiger partial charge in [-0.2, -0.15) is 10.3 Å². The molecular formula is C27H29ClN4O4. The fourth-order valence-electron chi connectivity index (χ4n) is 3.84. The van der Waals surface area contributed by atoms with E-state index in [-0.39, 0.29) is 37.3 Å². The van der Waals surface area contributed by atoms with Crippen molar-refractivity contribution in [3.05, 3.63) is 91.1 Å². The third kappa shape index (κ3) is 6.11. The van der Waals surface area contributed by atoms with Crippen molar-refractivity contribution in [2.24, 2.45) is 10.9 Å². The van der Waals surface area contributed by atoms with Crippen LogP contribution in [0.5, 0.6) is 5.75 Å². The molecular weight excluding hydrogens is 480 g/mol. The molecule has 0 aliphatic carbocycles. The van der Waals surface area contributed by atoms with Crippen LogP contribution in [0.2, 0.25) is 5.02 Å². The molecule has 0 saturated heterocycles. The predicted molar refractivity (Wildman–Crippen MR) is 140 cm³/mol. The molecule has 0 radical (unpaired) electrons. The van der Waals surface area contributed by atoms with E-state index in [2.05, 4.69) is 6.07 Å². The maximum Gasteiger partial charge on any atom is 0.332 e. The topological polar surface area (TPSA) is 110 Å². The van der Waals surface area contributed by atoms with Crippen LogP contribution in [0, 0.1) is 24.2 Å². The van der Waals surface area contributed by atoms with E-state index in [0.717, 1.165) is 10.1 Å². The fourth-order valence-corrected chi connectivity index (χ4v) is 3.96. The average Bonchev–Trinajstić information content (AvgIpc) is 2.88. The number of halogens is 1. The quantitative estimate of drug-likeness (QED) is 0.343. The lowest BCUT2D eigenvalue weighted by atomic mass is 10.0. The summed E-state index contributed by atoms with van der Waals surface area (Å²) in [6, 6.07) is 16.4. The van der Waals surface area contributed by atoms with Gasteiger partial charge in [0, 0.05) is 30.6 Å². The average molecular weight is 509 g/mol. The number of aliphatic hydroxyl groups is 1. The Morgan fingerprint density at radius 3 is 2.50 bits per heavy atom. The van der Waals surface area contributed by atoms with E-state index in [1.807, 2.05) is 19.1 Å². The van der Waals surface area contributed by atoms with Crippen LogP contribution in [0.4, 0.5) is 5.82 Å². The standard InChI is InChI=1S/C27H29ClN4O4/c1-4-31-24(19(3)26(34)32(27(31)35)14-7-15-33)30-25(36-23-9-6-5-8-21(23)17-29)18(2)16-20-10-12-22(28)13-11-20/h5-6,8-13,18,33H,4,7,14-16H2,1-3H3. The van der Waals surface area contributed by atoms with Crippen LogP contribution >= 0.6 is 11.6 Å². The van der Waals surface area contributed by atoms with E-state index in [1.54, 1.807) is 50.2 Å². The van der Waals surface area contributed by atoms with Gasteiger partial charge in [-0.25, -0.2) is 4.79 Å². The third-order valence-electron chi connectivity index (χ3n) is 5.79. The van der Waals surface area contributed by atoms with Crippen LogP contribution in [0.1, 0.15) is 37.0 Å². The summed E-state index contributed by atoms with van der Waals surface area (Å²) in [6.45, 7) is 5.61. The summed E-state index contributed by atoms with van der Waals surface area (Å²) in [5.41, 5.74) is 0.679. The highest BCUT2D eigenvalue weighted by Crippen LogP contribution is 2.23. The van der Waals surface area contributed by atoms with Crippen molar-refractivity contribution in [3.63, 3.8) is 0 Å². The third-order valence-corrected chi connectivity index (χ3v) is 6.04. The Kier molecular flexibility index (Phi) is 9.23. The second-order valence-electron chi connectivity index (χ2n) is 8.40. The van der Waals surface area contributed by atoms with Gasteiger partial charge < -0.3 is 9.84 Å². The Labute approximate surface area is 214 Å². The van der Waals surface area contributed by atoms with Gasteiger partial charge in [0.05, 0.1) is 11.1 Å². The zero-order valence-electron chi connectivity index (χ0n) is 20.6. The van der Waals surface area contributed by atoms with E-state index in [1.165, 1.54) is 4.57 Å². The lowest BCUT2D eigenvalue weighted by Gasteiger charge is -2.19. The number of para-hydroxylation sites is 1. The first-order valence-electron chi connectivity index (χ1n) is 11.8. The summed E-state index contributed by atoms with van der Waals surface area (Å²) in [5, 5.41) is 19.3. The van der Waals surface area contributed by atoms with Crippen molar-refractivity contribution in [2.45, 2.75) is 46.7 Å². The molecule has 3 aromatic rings. The van der Waals surface area contributed by atoms with E-state index in [9.17, 15) is 14.9 Å². The van der Waals surface area contributed by atoms with Crippen molar-refractivity contribution in [2.75, 3.05) is 6.61 Å². The smallest absolute Gasteiger partial charge is 0.332 e. The number of nitriles is 1. The fraction of sp³-hybridized carbons (Fsp3) is 0.333. The summed E-state index contributed by atoms with van der Waals surface area (Å²) in [4.78, 5) is 30.8. The first-order chi connectivity index (χ1) is 17.3. The zero-order chi connectivity index (χ0) is 26.2. The minimum absolute atomic E-state index is 0.116. The monoisotopic (exact) mass is 508 g/mol. The second-order valence-corrected chi connectivity index (χ2v) is 8.84. The highest BCUT2D eigenvalue weighted by molar-refractivity contribution is 6.30. The molecule has 1 heterocycles. The molecule has 0 bridgehead atoms. The Bertz CT molecular complexity index is 1400. The van der Waals surface area contributed by atoms with Crippen molar-refractivity contribution in [3.8, 4) is 11.8 Å². The zero-order valence-corrected chi connectivity index (χ0v) is 21.3. The Balaban J connectivity index is 2.16. The van der Waals surface area contributed by atoms with Crippen molar-refractivity contribution in [1.82, 2.24) is 9.13 Å². The Morgan fingerprint density at radius 2 is 1.86 bits per heavy atom. The molecule has 0 aliphatic rings. The second kappa shape index (κ2) is 12.3.